The molecular formula is C58H30Br2. The van der Waals surface area contributed by atoms with Crippen molar-refractivity contribution < 1.29 is 0 Å². The molecule has 0 nitrogen and oxygen atoms in total. The summed E-state index contributed by atoms with van der Waals surface area (Å²) in [5.74, 6) is 0. The minimum absolute atomic E-state index is 0.447. The standard InChI is InChI=1S/C58H30Br2/c59-31-23-25-35-33-11-1-5-19-45(33)57(49(35)27-31)47-21-7-3-13-39(47)55-41-17-9-16-38-44-30-52-56(42-18-10-15-37(54(42)44)43(53(38)41)29-51(55)57)40-14-4-8-22-48(40)58(52)46-20-6-2-12-34(46)36-26-24-32(60)28-50(36)58/h1-30H. The third kappa shape index (κ3) is 3.47. The van der Waals surface area contributed by atoms with Gasteiger partial charge in [-0.1, -0.05) is 177 Å². The van der Waals surface area contributed by atoms with Crippen LogP contribution in [0.1, 0.15) is 44.5 Å². The zero-order chi connectivity index (χ0) is 39.2. The third-order valence-electron chi connectivity index (χ3n) is 14.9. The minimum atomic E-state index is -0.447. The average Bonchev–Trinajstić information content (AvgIpc) is 3.96. The van der Waals surface area contributed by atoms with Gasteiger partial charge in [0.2, 0.25) is 0 Å². The van der Waals surface area contributed by atoms with Crippen molar-refractivity contribution in [2.75, 3.05) is 0 Å². The Morgan fingerprint density at radius 3 is 1.03 bits per heavy atom. The van der Waals surface area contributed by atoms with E-state index in [1.54, 1.807) is 0 Å². The van der Waals surface area contributed by atoms with Crippen molar-refractivity contribution in [3.8, 4) is 44.5 Å². The first kappa shape index (κ1) is 32.5. The Balaban J connectivity index is 1.14. The van der Waals surface area contributed by atoms with Gasteiger partial charge in [0.25, 0.3) is 0 Å². The molecule has 0 bridgehead atoms. The Bertz CT molecular complexity index is 3570. The summed E-state index contributed by atoms with van der Waals surface area (Å²) in [6, 6.07) is 70.0. The van der Waals surface area contributed by atoms with Crippen molar-refractivity contribution in [1.29, 1.82) is 0 Å². The van der Waals surface area contributed by atoms with Crippen LogP contribution < -0.4 is 0 Å². The molecule has 0 aromatic heterocycles. The number of halogens is 2. The first-order chi connectivity index (χ1) is 29.6. The molecular weight excluding hydrogens is 856 g/mol. The highest BCUT2D eigenvalue weighted by atomic mass is 79.9. The number of hydrogen-bond donors (Lipinski definition) is 0. The number of benzene rings is 11. The summed E-state index contributed by atoms with van der Waals surface area (Å²) in [5, 5.41) is 10.6. The molecule has 0 fully saturated rings. The van der Waals surface area contributed by atoms with Gasteiger partial charge in [0.15, 0.2) is 0 Å². The van der Waals surface area contributed by atoms with Gasteiger partial charge >= 0.3 is 0 Å². The summed E-state index contributed by atoms with van der Waals surface area (Å²) in [4.78, 5) is 0. The summed E-state index contributed by atoms with van der Waals surface area (Å²) in [7, 11) is 0. The lowest BCUT2D eigenvalue weighted by atomic mass is 9.69. The van der Waals surface area contributed by atoms with Crippen molar-refractivity contribution >= 4 is 74.9 Å². The highest BCUT2D eigenvalue weighted by molar-refractivity contribution is 9.10. The first-order valence-electron chi connectivity index (χ1n) is 20.8. The van der Waals surface area contributed by atoms with Crippen molar-refractivity contribution in [1.82, 2.24) is 0 Å². The summed E-state index contributed by atoms with van der Waals surface area (Å²) < 4.78 is 2.21. The molecule has 0 aliphatic heterocycles. The van der Waals surface area contributed by atoms with Gasteiger partial charge in [-0.15, -0.1) is 0 Å². The highest BCUT2D eigenvalue weighted by Crippen LogP contribution is 2.67. The molecule has 4 aliphatic carbocycles. The second kappa shape index (κ2) is 10.9. The fourth-order valence-corrected chi connectivity index (χ4v) is 13.7. The molecule has 0 N–H and O–H groups in total. The van der Waals surface area contributed by atoms with Crippen molar-refractivity contribution in [3.05, 3.63) is 235 Å². The molecule has 0 heterocycles. The SMILES string of the molecule is Brc1ccc2c(c1)C1(c3ccccc3-2)c2ccccc2-c2c1cc1c3cccc4c5c(cc(c6cccc2c61)c43)C1(c2ccccc2-c2ccc(Br)cc21)c1ccccc1-5. The molecule has 0 radical (unpaired) electrons. The normalized spacial score (nSPS) is 18.3. The first-order valence-corrected chi connectivity index (χ1v) is 22.4. The van der Waals surface area contributed by atoms with E-state index in [9.17, 15) is 0 Å². The van der Waals surface area contributed by atoms with Crippen molar-refractivity contribution in [2.24, 2.45) is 0 Å². The van der Waals surface area contributed by atoms with Crippen LogP contribution in [0.4, 0.5) is 0 Å². The lowest BCUT2D eigenvalue weighted by Crippen LogP contribution is -2.26. The number of hydrogen-bond acceptors (Lipinski definition) is 0. The van der Waals surface area contributed by atoms with Crippen LogP contribution in [0.2, 0.25) is 0 Å². The number of fused-ring (bicyclic) bond motifs is 24. The fourth-order valence-electron chi connectivity index (χ4n) is 13.0. The molecule has 60 heavy (non-hydrogen) atoms. The molecule has 15 rings (SSSR count). The Kier molecular flexibility index (Phi) is 5.90. The van der Waals surface area contributed by atoms with Gasteiger partial charge in [0.1, 0.15) is 0 Å². The van der Waals surface area contributed by atoms with Gasteiger partial charge in [0, 0.05) is 8.95 Å². The topological polar surface area (TPSA) is 0 Å². The maximum atomic E-state index is 3.92. The Hall–Kier alpha value is -6.32. The molecule has 2 spiro atoms. The largest absolute Gasteiger partial charge is 0.0726 e. The Morgan fingerprint density at radius 1 is 0.250 bits per heavy atom. The molecule has 0 amide bonds. The molecule has 11 aromatic carbocycles. The quantitative estimate of drug-likeness (QED) is 0.105. The predicted octanol–water partition coefficient (Wildman–Crippen LogP) is 15.9. The molecule has 4 aliphatic rings. The van der Waals surface area contributed by atoms with E-state index in [1.807, 2.05) is 0 Å². The van der Waals surface area contributed by atoms with E-state index in [-0.39, 0.29) is 0 Å². The van der Waals surface area contributed by atoms with E-state index < -0.39 is 10.8 Å². The average molecular weight is 887 g/mol. The third-order valence-corrected chi connectivity index (χ3v) is 15.9. The van der Waals surface area contributed by atoms with Crippen LogP contribution in [-0.4, -0.2) is 0 Å². The van der Waals surface area contributed by atoms with Crippen molar-refractivity contribution in [2.45, 2.75) is 10.8 Å². The van der Waals surface area contributed by atoms with E-state index in [2.05, 4.69) is 214 Å². The van der Waals surface area contributed by atoms with E-state index in [0.717, 1.165) is 8.95 Å². The van der Waals surface area contributed by atoms with Crippen LogP contribution in [0, 0.1) is 0 Å². The van der Waals surface area contributed by atoms with Crippen LogP contribution in [0.5, 0.6) is 0 Å². The van der Waals surface area contributed by atoms with Crippen LogP contribution in [0.25, 0.3) is 87.6 Å². The van der Waals surface area contributed by atoms with Gasteiger partial charge in [0.05, 0.1) is 10.8 Å². The monoisotopic (exact) mass is 884 g/mol. The van der Waals surface area contributed by atoms with Crippen LogP contribution in [-0.2, 0) is 10.8 Å². The summed E-state index contributed by atoms with van der Waals surface area (Å²) >= 11 is 7.84. The zero-order valence-electron chi connectivity index (χ0n) is 32.1. The second-order valence-electron chi connectivity index (χ2n) is 17.2. The van der Waals surface area contributed by atoms with Gasteiger partial charge < -0.3 is 0 Å². The molecule has 2 atom stereocenters. The van der Waals surface area contributed by atoms with E-state index in [4.69, 9.17) is 0 Å². The van der Waals surface area contributed by atoms with E-state index in [1.165, 1.54) is 132 Å². The maximum absolute atomic E-state index is 3.92. The Morgan fingerprint density at radius 2 is 0.600 bits per heavy atom. The Labute approximate surface area is 363 Å². The molecule has 0 saturated heterocycles. The molecule has 2 unspecified atom stereocenters. The molecule has 11 aromatic rings. The fraction of sp³-hybridized carbons (Fsp3) is 0.0345. The highest BCUT2D eigenvalue weighted by Gasteiger charge is 2.54. The summed E-state index contributed by atoms with van der Waals surface area (Å²) in [6.45, 7) is 0. The summed E-state index contributed by atoms with van der Waals surface area (Å²) in [6.07, 6.45) is 0. The van der Waals surface area contributed by atoms with Crippen LogP contribution >= 0.6 is 31.9 Å². The molecule has 276 valence electrons. The van der Waals surface area contributed by atoms with Crippen LogP contribution in [0.15, 0.2) is 191 Å². The lowest BCUT2D eigenvalue weighted by Gasteiger charge is -2.32. The van der Waals surface area contributed by atoms with E-state index in [0.29, 0.717) is 0 Å². The predicted molar refractivity (Wildman–Crippen MR) is 256 cm³/mol. The van der Waals surface area contributed by atoms with Crippen LogP contribution in [0.3, 0.4) is 0 Å². The van der Waals surface area contributed by atoms with Gasteiger partial charge in [-0.25, -0.2) is 0 Å². The zero-order valence-corrected chi connectivity index (χ0v) is 35.2. The molecule has 2 heteroatoms. The summed E-state index contributed by atoms with van der Waals surface area (Å²) in [5.41, 5.74) is 20.7. The van der Waals surface area contributed by atoms with Gasteiger partial charge in [-0.3, -0.25) is 0 Å². The maximum Gasteiger partial charge on any atom is 0.0726 e. The number of rotatable bonds is 0. The lowest BCUT2D eigenvalue weighted by molar-refractivity contribution is 0.794. The van der Waals surface area contributed by atoms with Gasteiger partial charge in [-0.2, -0.15) is 0 Å². The molecule has 0 saturated carbocycles. The smallest absolute Gasteiger partial charge is 0.0619 e. The van der Waals surface area contributed by atoms with Crippen molar-refractivity contribution in [3.63, 3.8) is 0 Å². The van der Waals surface area contributed by atoms with E-state index >= 15 is 0 Å². The minimum Gasteiger partial charge on any atom is -0.0619 e. The van der Waals surface area contributed by atoms with Gasteiger partial charge in [-0.05, 0) is 169 Å². The second-order valence-corrected chi connectivity index (χ2v) is 19.0.